The number of nitrogen functional groups attached to an aromatic ring is 1. The van der Waals surface area contributed by atoms with E-state index in [-0.39, 0.29) is 5.84 Å². The molecule has 0 radical (unpaired) electrons. The van der Waals surface area contributed by atoms with Crippen molar-refractivity contribution in [2.75, 3.05) is 25.2 Å². The Balaban J connectivity index is 2.16. The fraction of sp³-hybridized carbons (Fsp3) is 0.545. The second kappa shape index (κ2) is 5.09. The zero-order valence-electron chi connectivity index (χ0n) is 9.89. The molecule has 1 aliphatic rings. The van der Waals surface area contributed by atoms with Crippen LogP contribution in [0.3, 0.4) is 0 Å². The molecule has 0 unspecified atom stereocenters. The third-order valence-electron chi connectivity index (χ3n) is 2.70. The van der Waals surface area contributed by atoms with E-state index < -0.39 is 0 Å². The maximum atomic E-state index is 7.38. The van der Waals surface area contributed by atoms with Gasteiger partial charge in [-0.15, -0.1) is 0 Å². The van der Waals surface area contributed by atoms with E-state index in [4.69, 9.17) is 15.9 Å². The molecule has 0 atom stereocenters. The van der Waals surface area contributed by atoms with Gasteiger partial charge in [0.25, 0.3) is 0 Å². The molecule has 0 aliphatic heterocycles. The highest BCUT2D eigenvalue weighted by atomic mass is 16.5. The third kappa shape index (κ3) is 2.91. The van der Waals surface area contributed by atoms with E-state index in [2.05, 4.69) is 14.9 Å². The number of nitrogens with one attached hydrogen (secondary N) is 1. The molecule has 0 bridgehead atoms. The molecular formula is C11H17N5O. The molecule has 92 valence electrons. The summed E-state index contributed by atoms with van der Waals surface area (Å²) in [6.45, 7) is 1.41. The average molecular weight is 235 g/mol. The summed E-state index contributed by atoms with van der Waals surface area (Å²) in [7, 11) is 1.68. The number of anilines is 1. The number of hydrogen-bond acceptors (Lipinski definition) is 5. The van der Waals surface area contributed by atoms with Crippen molar-refractivity contribution in [2.24, 2.45) is 5.73 Å². The lowest BCUT2D eigenvalue weighted by atomic mass is 10.4. The summed E-state index contributed by atoms with van der Waals surface area (Å²) in [5, 5.41) is 7.38. The molecule has 6 nitrogen and oxygen atoms in total. The predicted molar refractivity (Wildman–Crippen MR) is 65.3 cm³/mol. The fourth-order valence-electron chi connectivity index (χ4n) is 1.66. The molecule has 1 fully saturated rings. The number of amidine groups is 1. The zero-order valence-corrected chi connectivity index (χ0v) is 9.89. The van der Waals surface area contributed by atoms with E-state index in [0.29, 0.717) is 24.3 Å². The van der Waals surface area contributed by atoms with Gasteiger partial charge in [-0.1, -0.05) is 0 Å². The van der Waals surface area contributed by atoms with Crippen molar-refractivity contribution < 1.29 is 4.74 Å². The number of aromatic nitrogens is 2. The number of hydrogen-bond donors (Lipinski definition) is 2. The van der Waals surface area contributed by atoms with Gasteiger partial charge in [0.15, 0.2) is 0 Å². The van der Waals surface area contributed by atoms with E-state index in [9.17, 15) is 0 Å². The van der Waals surface area contributed by atoms with Gasteiger partial charge < -0.3 is 15.4 Å². The van der Waals surface area contributed by atoms with Crippen molar-refractivity contribution in [2.45, 2.75) is 18.9 Å². The van der Waals surface area contributed by atoms with Crippen LogP contribution in [0.25, 0.3) is 0 Å². The molecule has 6 heteroatoms. The second-order valence-electron chi connectivity index (χ2n) is 4.07. The molecule has 1 aliphatic carbocycles. The summed E-state index contributed by atoms with van der Waals surface area (Å²) in [4.78, 5) is 10.7. The van der Waals surface area contributed by atoms with Crippen molar-refractivity contribution in [3.8, 4) is 0 Å². The molecule has 1 saturated carbocycles. The Hall–Kier alpha value is -1.69. The maximum Gasteiger partial charge on any atom is 0.226 e. The lowest BCUT2D eigenvalue weighted by Gasteiger charge is -2.21. The zero-order chi connectivity index (χ0) is 12.3. The van der Waals surface area contributed by atoms with Gasteiger partial charge in [0, 0.05) is 25.9 Å². The van der Waals surface area contributed by atoms with Crippen LogP contribution in [0, 0.1) is 5.41 Å². The van der Waals surface area contributed by atoms with E-state index >= 15 is 0 Å². The molecule has 0 amide bonds. The lowest BCUT2D eigenvalue weighted by molar-refractivity contribution is 0.204. The first-order valence-electron chi connectivity index (χ1n) is 5.65. The topological polar surface area (TPSA) is 88.1 Å². The highest BCUT2D eigenvalue weighted by Gasteiger charge is 2.30. The van der Waals surface area contributed by atoms with E-state index in [0.717, 1.165) is 19.4 Å². The van der Waals surface area contributed by atoms with Crippen molar-refractivity contribution in [1.29, 1.82) is 5.41 Å². The molecule has 3 N–H and O–H groups in total. The smallest absolute Gasteiger partial charge is 0.226 e. The van der Waals surface area contributed by atoms with Crippen molar-refractivity contribution in [1.82, 2.24) is 9.97 Å². The highest BCUT2D eigenvalue weighted by Crippen LogP contribution is 2.29. The number of nitrogens with two attached hydrogens (primary N) is 1. The molecule has 0 saturated heterocycles. The van der Waals surface area contributed by atoms with E-state index in [1.165, 1.54) is 0 Å². The molecular weight excluding hydrogens is 218 g/mol. The van der Waals surface area contributed by atoms with Crippen LogP contribution in [0.1, 0.15) is 18.5 Å². The largest absolute Gasteiger partial charge is 0.383 e. The van der Waals surface area contributed by atoms with Gasteiger partial charge in [-0.25, -0.2) is 9.97 Å². The van der Waals surface area contributed by atoms with E-state index in [1.54, 1.807) is 19.4 Å². The first-order valence-corrected chi connectivity index (χ1v) is 5.65. The van der Waals surface area contributed by atoms with Gasteiger partial charge in [-0.3, -0.25) is 5.41 Å². The van der Waals surface area contributed by atoms with Gasteiger partial charge >= 0.3 is 0 Å². The molecule has 1 aromatic rings. The number of ether oxygens (including phenoxy) is 1. The molecule has 1 heterocycles. The van der Waals surface area contributed by atoms with Crippen LogP contribution in [-0.2, 0) is 4.74 Å². The van der Waals surface area contributed by atoms with Crippen molar-refractivity contribution >= 4 is 11.8 Å². The first kappa shape index (κ1) is 11.8. The van der Waals surface area contributed by atoms with Gasteiger partial charge in [0.05, 0.1) is 6.61 Å². The predicted octanol–water partition coefficient (Wildman–Crippen LogP) is 0.376. The van der Waals surface area contributed by atoms with Crippen LogP contribution < -0.4 is 10.6 Å². The van der Waals surface area contributed by atoms with Crippen molar-refractivity contribution in [3.63, 3.8) is 0 Å². The van der Waals surface area contributed by atoms with Gasteiger partial charge in [-0.2, -0.15) is 0 Å². The standard InChI is InChI=1S/C11H17N5O/c1-17-7-6-16(8-2-3-8)11-14-5-4-9(15-11)10(12)13/h4-5,8H,2-3,6-7H2,1H3,(H3,12,13). The van der Waals surface area contributed by atoms with Gasteiger partial charge in [0.1, 0.15) is 11.5 Å². The van der Waals surface area contributed by atoms with Crippen LogP contribution in [0.15, 0.2) is 12.3 Å². The minimum Gasteiger partial charge on any atom is -0.383 e. The van der Waals surface area contributed by atoms with Crippen LogP contribution >= 0.6 is 0 Å². The molecule has 2 rings (SSSR count). The van der Waals surface area contributed by atoms with Crippen LogP contribution in [-0.4, -0.2) is 42.1 Å². The lowest BCUT2D eigenvalue weighted by Crippen LogP contribution is -2.31. The summed E-state index contributed by atoms with van der Waals surface area (Å²) < 4.78 is 5.09. The fourth-order valence-corrected chi connectivity index (χ4v) is 1.66. The Morgan fingerprint density at radius 2 is 2.41 bits per heavy atom. The second-order valence-corrected chi connectivity index (χ2v) is 4.07. The van der Waals surface area contributed by atoms with E-state index in [1.807, 2.05) is 0 Å². The number of rotatable bonds is 6. The Labute approximate surface area is 100 Å². The monoisotopic (exact) mass is 235 g/mol. The molecule has 17 heavy (non-hydrogen) atoms. The average Bonchev–Trinajstić information content (AvgIpc) is 3.14. The number of nitrogens with zero attached hydrogens (tertiary/aromatic N) is 3. The minimum atomic E-state index is -0.0314. The molecule has 0 spiro atoms. The summed E-state index contributed by atoms with van der Waals surface area (Å²) >= 11 is 0. The Kier molecular flexibility index (Phi) is 3.53. The quantitative estimate of drug-likeness (QED) is 0.549. The van der Waals surface area contributed by atoms with Gasteiger partial charge in [-0.05, 0) is 18.9 Å². The summed E-state index contributed by atoms with van der Waals surface area (Å²) in [5.41, 5.74) is 5.89. The summed E-state index contributed by atoms with van der Waals surface area (Å²) in [6.07, 6.45) is 3.97. The Morgan fingerprint density at radius 1 is 1.65 bits per heavy atom. The first-order chi connectivity index (χ1) is 8.22. The van der Waals surface area contributed by atoms with Gasteiger partial charge in [0.2, 0.25) is 5.95 Å². The van der Waals surface area contributed by atoms with Crippen LogP contribution in [0.2, 0.25) is 0 Å². The Bertz CT molecular complexity index is 405. The SMILES string of the molecule is COCCN(c1nccc(C(=N)N)n1)C1CC1. The third-order valence-corrected chi connectivity index (χ3v) is 2.70. The molecule has 1 aromatic heterocycles. The minimum absolute atomic E-state index is 0.0314. The summed E-state index contributed by atoms with van der Waals surface area (Å²) in [5.74, 6) is 0.605. The highest BCUT2D eigenvalue weighted by molar-refractivity contribution is 5.93. The molecule has 0 aromatic carbocycles. The van der Waals surface area contributed by atoms with Crippen LogP contribution in [0.5, 0.6) is 0 Å². The maximum absolute atomic E-state index is 7.38. The summed E-state index contributed by atoms with van der Waals surface area (Å²) in [6, 6.07) is 2.15. The normalized spacial score (nSPS) is 14.6. The Morgan fingerprint density at radius 3 is 3.00 bits per heavy atom. The number of methoxy groups -OCH3 is 1. The van der Waals surface area contributed by atoms with Crippen molar-refractivity contribution in [3.05, 3.63) is 18.0 Å². The van der Waals surface area contributed by atoms with Crippen LogP contribution in [0.4, 0.5) is 5.95 Å².